The zero-order chi connectivity index (χ0) is 20.5. The van der Waals surface area contributed by atoms with Gasteiger partial charge in [-0.15, -0.1) is 0 Å². The van der Waals surface area contributed by atoms with Crippen LogP contribution in [0, 0.1) is 0 Å². The lowest BCUT2D eigenvalue weighted by Gasteiger charge is -2.06. The van der Waals surface area contributed by atoms with E-state index in [1.807, 2.05) is 48.9 Å². The first-order valence-corrected chi connectivity index (χ1v) is 9.84. The number of fused-ring (bicyclic) bond motifs is 2. The van der Waals surface area contributed by atoms with Crippen LogP contribution in [0.2, 0.25) is 0 Å². The molecule has 0 fully saturated rings. The van der Waals surface area contributed by atoms with Crippen molar-refractivity contribution < 1.29 is 23.4 Å². The highest BCUT2D eigenvalue weighted by Gasteiger charge is 2.17. The van der Waals surface area contributed by atoms with Crippen molar-refractivity contribution >= 4 is 38.4 Å². The van der Waals surface area contributed by atoms with E-state index >= 15 is 0 Å². The van der Waals surface area contributed by atoms with Gasteiger partial charge in [0.15, 0.2) is 21.9 Å². The summed E-state index contributed by atoms with van der Waals surface area (Å²) in [5, 5.41) is 0.790. The molecular formula is C21H20N2O5S. The number of hydrogen-bond donors (Lipinski definition) is 0. The van der Waals surface area contributed by atoms with Crippen molar-refractivity contribution in [1.82, 2.24) is 4.57 Å². The molecule has 0 atom stereocenters. The SMILES string of the molecule is CCOc1cccc2cc(C(=O)N=c3sc4c(OC)ccc(OC)c4n3C)oc12. The lowest BCUT2D eigenvalue weighted by Crippen LogP contribution is -2.13. The van der Waals surface area contributed by atoms with Crippen LogP contribution in [0.4, 0.5) is 0 Å². The number of benzene rings is 2. The van der Waals surface area contributed by atoms with Crippen molar-refractivity contribution in [2.75, 3.05) is 20.8 Å². The minimum atomic E-state index is -0.469. The minimum absolute atomic E-state index is 0.156. The van der Waals surface area contributed by atoms with Gasteiger partial charge in [0, 0.05) is 12.4 Å². The summed E-state index contributed by atoms with van der Waals surface area (Å²) in [5.41, 5.74) is 1.35. The summed E-state index contributed by atoms with van der Waals surface area (Å²) in [6.45, 7) is 2.40. The first kappa shape index (κ1) is 19.1. The number of carbonyl (C=O) groups is 1. The van der Waals surface area contributed by atoms with Crippen LogP contribution < -0.4 is 19.0 Å². The molecule has 1 amide bonds. The van der Waals surface area contributed by atoms with E-state index in [9.17, 15) is 4.79 Å². The highest BCUT2D eigenvalue weighted by molar-refractivity contribution is 7.16. The maximum Gasteiger partial charge on any atom is 0.315 e. The average Bonchev–Trinajstić information content (AvgIpc) is 3.30. The molecule has 0 aliphatic rings. The molecule has 150 valence electrons. The van der Waals surface area contributed by atoms with E-state index in [1.165, 1.54) is 11.3 Å². The second kappa shape index (κ2) is 7.63. The molecule has 0 spiro atoms. The van der Waals surface area contributed by atoms with Gasteiger partial charge in [0.1, 0.15) is 21.7 Å². The number of thiazole rings is 1. The summed E-state index contributed by atoms with van der Waals surface area (Å²) in [6, 6.07) is 10.9. The van der Waals surface area contributed by atoms with Crippen LogP contribution in [0.15, 0.2) is 45.8 Å². The lowest BCUT2D eigenvalue weighted by atomic mass is 10.2. The first-order valence-electron chi connectivity index (χ1n) is 9.02. The third-order valence-corrected chi connectivity index (χ3v) is 5.68. The third kappa shape index (κ3) is 3.25. The number of nitrogens with zero attached hydrogens (tertiary/aromatic N) is 2. The fraction of sp³-hybridized carbons (Fsp3) is 0.238. The van der Waals surface area contributed by atoms with Gasteiger partial charge in [-0.3, -0.25) is 4.79 Å². The quantitative estimate of drug-likeness (QED) is 0.492. The molecule has 0 aliphatic carbocycles. The summed E-state index contributed by atoms with van der Waals surface area (Å²) in [6.07, 6.45) is 0. The number of carbonyl (C=O) groups excluding carboxylic acids is 1. The highest BCUT2D eigenvalue weighted by atomic mass is 32.1. The number of hydrogen-bond acceptors (Lipinski definition) is 6. The molecule has 2 aromatic heterocycles. The largest absolute Gasteiger partial charge is 0.495 e. The van der Waals surface area contributed by atoms with E-state index in [0.717, 1.165) is 15.6 Å². The molecule has 8 heteroatoms. The van der Waals surface area contributed by atoms with Gasteiger partial charge in [-0.25, -0.2) is 0 Å². The van der Waals surface area contributed by atoms with Gasteiger partial charge >= 0.3 is 5.91 Å². The summed E-state index contributed by atoms with van der Waals surface area (Å²) in [4.78, 5) is 17.6. The van der Waals surface area contributed by atoms with Crippen molar-refractivity contribution in [3.8, 4) is 17.2 Å². The smallest absolute Gasteiger partial charge is 0.315 e. The zero-order valence-corrected chi connectivity index (χ0v) is 17.3. The molecule has 0 saturated carbocycles. The number of ether oxygens (including phenoxy) is 3. The van der Waals surface area contributed by atoms with Crippen molar-refractivity contribution in [1.29, 1.82) is 0 Å². The monoisotopic (exact) mass is 412 g/mol. The standard InChI is InChI=1S/C21H20N2O5S/c1-5-27-14-8-6-7-12-11-16(28-18(12)14)20(24)22-21-23(2)17-13(25-3)9-10-15(26-4)19(17)29-21/h6-11H,5H2,1-4H3. The number of amides is 1. The van der Waals surface area contributed by atoms with Crippen LogP contribution in [0.3, 0.4) is 0 Å². The van der Waals surface area contributed by atoms with Crippen molar-refractivity contribution in [2.24, 2.45) is 12.0 Å². The van der Waals surface area contributed by atoms with Gasteiger partial charge in [0.25, 0.3) is 0 Å². The Morgan fingerprint density at radius 1 is 1.14 bits per heavy atom. The van der Waals surface area contributed by atoms with Crippen molar-refractivity contribution in [3.63, 3.8) is 0 Å². The summed E-state index contributed by atoms with van der Waals surface area (Å²) in [7, 11) is 5.04. The second-order valence-corrected chi connectivity index (χ2v) is 7.20. The molecule has 0 unspecified atom stereocenters. The number of methoxy groups -OCH3 is 2. The van der Waals surface area contributed by atoms with E-state index in [2.05, 4.69) is 4.99 Å². The second-order valence-electron chi connectivity index (χ2n) is 6.23. The van der Waals surface area contributed by atoms with Crippen molar-refractivity contribution in [3.05, 3.63) is 47.0 Å². The Hall–Kier alpha value is -3.26. The topological polar surface area (TPSA) is 75.2 Å². The maximum absolute atomic E-state index is 12.8. The normalized spacial score (nSPS) is 11.9. The molecule has 0 aliphatic heterocycles. The van der Waals surface area contributed by atoms with E-state index in [1.54, 1.807) is 20.3 Å². The molecule has 0 N–H and O–H groups in total. The van der Waals surface area contributed by atoms with Gasteiger partial charge < -0.3 is 23.2 Å². The lowest BCUT2D eigenvalue weighted by molar-refractivity contribution is 0.0973. The molecule has 0 bridgehead atoms. The van der Waals surface area contributed by atoms with Crippen LogP contribution in [-0.4, -0.2) is 31.3 Å². The van der Waals surface area contributed by atoms with E-state index < -0.39 is 5.91 Å². The van der Waals surface area contributed by atoms with Crippen LogP contribution in [0.1, 0.15) is 17.5 Å². The van der Waals surface area contributed by atoms with Gasteiger partial charge in [-0.1, -0.05) is 23.5 Å². The third-order valence-electron chi connectivity index (χ3n) is 4.53. The zero-order valence-electron chi connectivity index (χ0n) is 16.5. The van der Waals surface area contributed by atoms with Gasteiger partial charge in [-0.05, 0) is 31.2 Å². The van der Waals surface area contributed by atoms with Gasteiger partial charge in [-0.2, -0.15) is 4.99 Å². The first-order chi connectivity index (χ1) is 14.1. The number of aromatic nitrogens is 1. The fourth-order valence-corrected chi connectivity index (χ4v) is 4.31. The Labute approximate surface area is 170 Å². The summed E-state index contributed by atoms with van der Waals surface area (Å²) < 4.78 is 24.9. The van der Waals surface area contributed by atoms with E-state index in [4.69, 9.17) is 18.6 Å². The molecule has 7 nitrogen and oxygen atoms in total. The van der Waals surface area contributed by atoms with Crippen molar-refractivity contribution in [2.45, 2.75) is 6.92 Å². The van der Waals surface area contributed by atoms with Crippen LogP contribution >= 0.6 is 11.3 Å². The number of furan rings is 1. The van der Waals surface area contributed by atoms with Gasteiger partial charge in [0.2, 0.25) is 0 Å². The molecule has 4 aromatic rings. The molecular weight excluding hydrogens is 392 g/mol. The van der Waals surface area contributed by atoms with E-state index in [-0.39, 0.29) is 5.76 Å². The van der Waals surface area contributed by atoms with E-state index in [0.29, 0.717) is 34.2 Å². The minimum Gasteiger partial charge on any atom is -0.495 e. The number of aryl methyl sites for hydroxylation is 1. The van der Waals surface area contributed by atoms with Gasteiger partial charge in [0.05, 0.1) is 20.8 Å². The Bertz CT molecular complexity index is 1280. The number of para-hydroxylation sites is 1. The van der Waals surface area contributed by atoms with Crippen LogP contribution in [0.5, 0.6) is 17.2 Å². The molecule has 4 rings (SSSR count). The summed E-state index contributed by atoms with van der Waals surface area (Å²) in [5.74, 6) is 1.66. The number of rotatable bonds is 5. The Balaban J connectivity index is 1.83. The van der Waals surface area contributed by atoms with Crippen LogP contribution in [-0.2, 0) is 7.05 Å². The fourth-order valence-electron chi connectivity index (χ4n) is 3.18. The predicted molar refractivity (Wildman–Crippen MR) is 111 cm³/mol. The Morgan fingerprint density at radius 3 is 2.62 bits per heavy atom. The molecule has 2 aromatic carbocycles. The predicted octanol–water partition coefficient (Wildman–Crippen LogP) is 4.14. The molecule has 0 saturated heterocycles. The molecule has 29 heavy (non-hydrogen) atoms. The average molecular weight is 412 g/mol. The molecule has 2 heterocycles. The molecule has 0 radical (unpaired) electrons. The summed E-state index contributed by atoms with van der Waals surface area (Å²) >= 11 is 1.35. The Kier molecular flexibility index (Phi) is 5.02. The Morgan fingerprint density at radius 2 is 1.90 bits per heavy atom. The highest BCUT2D eigenvalue weighted by Crippen LogP contribution is 2.34. The maximum atomic E-state index is 12.8. The van der Waals surface area contributed by atoms with Crippen LogP contribution in [0.25, 0.3) is 21.2 Å².